The first kappa shape index (κ1) is 13.0. The lowest BCUT2D eigenvalue weighted by Gasteiger charge is -2.37. The summed E-state index contributed by atoms with van der Waals surface area (Å²) >= 11 is 2.06. The van der Waals surface area contributed by atoms with Gasteiger partial charge in [0.15, 0.2) is 3.77 Å². The van der Waals surface area contributed by atoms with Gasteiger partial charge in [-0.3, -0.25) is 9.59 Å². The van der Waals surface area contributed by atoms with E-state index in [4.69, 9.17) is 4.42 Å². The Kier molecular flexibility index (Phi) is 2.55. The molecule has 1 saturated heterocycles. The number of rotatable bonds is 2. The van der Waals surface area contributed by atoms with Gasteiger partial charge < -0.3 is 4.42 Å². The highest BCUT2D eigenvalue weighted by Crippen LogP contribution is 2.65. The summed E-state index contributed by atoms with van der Waals surface area (Å²) in [5, 5.41) is 5.19. The number of halogens is 1. The summed E-state index contributed by atoms with van der Waals surface area (Å²) in [6.07, 6.45) is 6.94. The van der Waals surface area contributed by atoms with Crippen molar-refractivity contribution in [1.82, 2.24) is 5.01 Å². The first-order valence-electron chi connectivity index (χ1n) is 7.50. The molecule has 2 amide bonds. The third-order valence-corrected chi connectivity index (χ3v) is 6.11. The molecule has 1 aromatic rings. The van der Waals surface area contributed by atoms with E-state index in [2.05, 4.69) is 39.8 Å². The van der Waals surface area contributed by atoms with Gasteiger partial charge >= 0.3 is 0 Å². The lowest BCUT2D eigenvalue weighted by atomic mass is 9.63. The van der Waals surface area contributed by atoms with Crippen LogP contribution >= 0.6 is 22.6 Å². The largest absolute Gasteiger partial charge is 0.449 e. The van der Waals surface area contributed by atoms with Gasteiger partial charge in [0.25, 0.3) is 11.8 Å². The third kappa shape index (κ3) is 1.61. The molecule has 0 radical (unpaired) electrons. The molecule has 0 N–H and O–H groups in total. The summed E-state index contributed by atoms with van der Waals surface area (Å²) in [6.45, 7) is 0. The maximum absolute atomic E-state index is 12.7. The molecule has 2 bridgehead atoms. The lowest BCUT2D eigenvalue weighted by molar-refractivity contribution is -0.140. The topological polar surface area (TPSA) is 62.9 Å². The molecule has 2 saturated carbocycles. The molecule has 1 aromatic heterocycles. The fourth-order valence-electron chi connectivity index (χ4n) is 4.57. The molecule has 0 unspecified atom stereocenters. The van der Waals surface area contributed by atoms with E-state index in [-0.39, 0.29) is 35.5 Å². The van der Waals surface area contributed by atoms with Gasteiger partial charge in [-0.2, -0.15) is 10.1 Å². The zero-order valence-electron chi connectivity index (χ0n) is 11.6. The average Bonchev–Trinajstić information content (AvgIpc) is 3.19. The van der Waals surface area contributed by atoms with E-state index >= 15 is 0 Å². The predicted octanol–water partition coefficient (Wildman–Crippen LogP) is 2.27. The summed E-state index contributed by atoms with van der Waals surface area (Å²) in [4.78, 5) is 25.3. The van der Waals surface area contributed by atoms with Crippen LogP contribution in [-0.2, 0) is 9.59 Å². The van der Waals surface area contributed by atoms with E-state index in [1.54, 1.807) is 6.07 Å². The number of furan rings is 1. The van der Waals surface area contributed by atoms with E-state index in [9.17, 15) is 9.59 Å². The number of hydrogen-bond acceptors (Lipinski definition) is 4. The number of amides is 2. The van der Waals surface area contributed by atoms with Gasteiger partial charge in [0, 0.05) is 0 Å². The molecule has 3 fully saturated rings. The highest BCUT2D eigenvalue weighted by Gasteiger charge is 2.67. The Morgan fingerprint density at radius 1 is 1.14 bits per heavy atom. The number of hydrazone groups is 1. The molecule has 112 valence electrons. The Labute approximate surface area is 140 Å². The minimum atomic E-state index is -0.194. The molecule has 6 heteroatoms. The molecular weight excluding hydrogens is 395 g/mol. The molecule has 4 aliphatic carbocycles. The van der Waals surface area contributed by atoms with E-state index in [1.807, 2.05) is 6.07 Å². The average molecular weight is 408 g/mol. The summed E-state index contributed by atoms with van der Waals surface area (Å²) in [7, 11) is 0. The molecule has 5 aliphatic rings. The van der Waals surface area contributed by atoms with Gasteiger partial charge in [-0.1, -0.05) is 12.2 Å². The van der Waals surface area contributed by atoms with Crippen molar-refractivity contribution in [3.05, 3.63) is 33.8 Å². The summed E-state index contributed by atoms with van der Waals surface area (Å²) in [5.74, 6) is 1.58. The minimum absolute atomic E-state index is 0.141. The maximum Gasteiger partial charge on any atom is 0.254 e. The monoisotopic (exact) mass is 408 g/mol. The van der Waals surface area contributed by atoms with Crippen molar-refractivity contribution in [2.75, 3.05) is 0 Å². The van der Waals surface area contributed by atoms with Crippen molar-refractivity contribution in [1.29, 1.82) is 0 Å². The van der Waals surface area contributed by atoms with E-state index in [0.29, 0.717) is 17.6 Å². The second kappa shape index (κ2) is 4.31. The first-order chi connectivity index (χ1) is 10.6. The van der Waals surface area contributed by atoms with Crippen LogP contribution in [0, 0.1) is 39.3 Å². The van der Waals surface area contributed by atoms with Crippen LogP contribution in [0.1, 0.15) is 12.2 Å². The van der Waals surface area contributed by atoms with Crippen molar-refractivity contribution in [3.8, 4) is 0 Å². The lowest BCUT2D eigenvalue weighted by Crippen LogP contribution is -2.40. The Bertz CT molecular complexity index is 716. The molecule has 5 nitrogen and oxygen atoms in total. The van der Waals surface area contributed by atoms with Crippen LogP contribution in [0.25, 0.3) is 0 Å². The van der Waals surface area contributed by atoms with Crippen LogP contribution in [0.4, 0.5) is 0 Å². The normalized spacial score (nSPS) is 41.4. The molecule has 6 atom stereocenters. The van der Waals surface area contributed by atoms with Gasteiger partial charge in [0.05, 0.1) is 18.1 Å². The fourth-order valence-corrected chi connectivity index (χ4v) is 5.00. The molecule has 2 heterocycles. The van der Waals surface area contributed by atoms with Gasteiger partial charge in [0.2, 0.25) is 0 Å². The summed E-state index contributed by atoms with van der Waals surface area (Å²) < 4.78 is 6.13. The van der Waals surface area contributed by atoms with Crippen molar-refractivity contribution >= 4 is 40.6 Å². The second-order valence-electron chi connectivity index (χ2n) is 6.53. The van der Waals surface area contributed by atoms with Crippen molar-refractivity contribution in [3.63, 3.8) is 0 Å². The standard InChI is InChI=1S/C16H13IN2O3/c17-12-4-1-7(22-12)6-18-19-15(20)13-8-2-3-9(11-5-10(8)11)14(13)16(19)21/h1-4,6,8-11,13-14H,5H2/t8-,9-,10-,11-,13+,14+/m0/s1. The first-order valence-corrected chi connectivity index (χ1v) is 8.58. The van der Waals surface area contributed by atoms with Gasteiger partial charge in [0.1, 0.15) is 5.76 Å². The number of carbonyl (C=O) groups excluding carboxylic acids is 2. The second-order valence-corrected chi connectivity index (χ2v) is 7.59. The highest BCUT2D eigenvalue weighted by atomic mass is 127. The van der Waals surface area contributed by atoms with Crippen LogP contribution in [0.15, 0.2) is 33.8 Å². The van der Waals surface area contributed by atoms with Gasteiger partial charge in [-0.25, -0.2) is 0 Å². The van der Waals surface area contributed by atoms with Crippen molar-refractivity contribution in [2.24, 2.45) is 40.6 Å². The Morgan fingerprint density at radius 2 is 1.77 bits per heavy atom. The fraction of sp³-hybridized carbons (Fsp3) is 0.438. The van der Waals surface area contributed by atoms with E-state index < -0.39 is 0 Å². The Morgan fingerprint density at radius 3 is 2.32 bits per heavy atom. The smallest absolute Gasteiger partial charge is 0.254 e. The molecular formula is C16H13IN2O3. The number of carbonyl (C=O) groups is 2. The number of hydrogen-bond donors (Lipinski definition) is 0. The van der Waals surface area contributed by atoms with Crippen molar-refractivity contribution in [2.45, 2.75) is 6.42 Å². The Balaban J connectivity index is 1.46. The predicted molar refractivity (Wildman–Crippen MR) is 85.6 cm³/mol. The number of allylic oxidation sites excluding steroid dienone is 2. The van der Waals surface area contributed by atoms with E-state index in [1.165, 1.54) is 12.6 Å². The van der Waals surface area contributed by atoms with Gasteiger partial charge in [-0.05, 0) is 64.8 Å². The van der Waals surface area contributed by atoms with Crippen LogP contribution < -0.4 is 0 Å². The van der Waals surface area contributed by atoms with Crippen LogP contribution in [-0.4, -0.2) is 23.0 Å². The highest BCUT2D eigenvalue weighted by molar-refractivity contribution is 14.1. The quantitative estimate of drug-likeness (QED) is 0.327. The maximum atomic E-state index is 12.7. The number of imide groups is 1. The molecule has 0 spiro atoms. The molecule has 22 heavy (non-hydrogen) atoms. The Hall–Kier alpha value is -1.44. The molecule has 6 rings (SSSR count). The van der Waals surface area contributed by atoms with Crippen LogP contribution in [0.2, 0.25) is 0 Å². The van der Waals surface area contributed by atoms with Crippen LogP contribution in [0.5, 0.6) is 0 Å². The van der Waals surface area contributed by atoms with Gasteiger partial charge in [-0.15, -0.1) is 0 Å². The summed E-state index contributed by atoms with van der Waals surface area (Å²) in [5.41, 5.74) is 0. The zero-order valence-corrected chi connectivity index (χ0v) is 13.7. The molecule has 1 aliphatic heterocycles. The summed E-state index contributed by atoms with van der Waals surface area (Å²) in [6, 6.07) is 3.58. The molecule has 0 aromatic carbocycles. The minimum Gasteiger partial charge on any atom is -0.449 e. The zero-order chi connectivity index (χ0) is 15.0. The van der Waals surface area contributed by atoms with Crippen LogP contribution in [0.3, 0.4) is 0 Å². The number of nitrogens with zero attached hydrogens (tertiary/aromatic N) is 2. The van der Waals surface area contributed by atoms with E-state index in [0.717, 1.165) is 8.78 Å². The third-order valence-electron chi connectivity index (χ3n) is 5.53. The SMILES string of the molecule is O=C1[C@@H]2[C@H]3C=C[C@@H]([C@@H]4C[C@@H]34)[C@H]2C(=O)N1N=Cc1ccc(I)o1. The van der Waals surface area contributed by atoms with Crippen molar-refractivity contribution < 1.29 is 14.0 Å².